The molecule has 190 valence electrons. The normalized spacial score (nSPS) is 19.2. The van der Waals surface area contributed by atoms with E-state index in [0.717, 1.165) is 42.5 Å². The van der Waals surface area contributed by atoms with E-state index in [1.165, 1.54) is 78.4 Å². The number of anilines is 1. The third-order valence-electron chi connectivity index (χ3n) is 8.24. The topological polar surface area (TPSA) is 58.6 Å². The number of thiophene rings is 1. The average molecular weight is 505 g/mol. The van der Waals surface area contributed by atoms with E-state index in [-0.39, 0.29) is 5.91 Å². The van der Waals surface area contributed by atoms with Gasteiger partial charge in [0.05, 0.1) is 12.5 Å². The first-order valence-electron chi connectivity index (χ1n) is 13.7. The van der Waals surface area contributed by atoms with Crippen molar-refractivity contribution in [3.05, 3.63) is 46.1 Å². The summed E-state index contributed by atoms with van der Waals surface area (Å²) in [6.07, 6.45) is 12.5. The first kappa shape index (κ1) is 23.7. The highest BCUT2D eigenvalue weighted by Gasteiger charge is 2.29. The van der Waals surface area contributed by atoms with Gasteiger partial charge in [-0.1, -0.05) is 25.7 Å². The van der Waals surface area contributed by atoms with Crippen molar-refractivity contribution in [3.63, 3.8) is 0 Å². The van der Waals surface area contributed by atoms with Crippen LogP contribution in [0.5, 0.6) is 5.75 Å². The maximum absolute atomic E-state index is 13.1. The van der Waals surface area contributed by atoms with Crippen LogP contribution in [0.1, 0.15) is 83.9 Å². The first-order chi connectivity index (χ1) is 17.7. The summed E-state index contributed by atoms with van der Waals surface area (Å²) in [5.41, 5.74) is 2.23. The number of aryl methyl sites for hydroxylation is 2. The second-order valence-electron chi connectivity index (χ2n) is 10.5. The van der Waals surface area contributed by atoms with Gasteiger partial charge in [-0.25, -0.2) is 9.97 Å². The molecule has 6 rings (SSSR count). The molecule has 0 unspecified atom stereocenters. The van der Waals surface area contributed by atoms with Crippen LogP contribution in [0.3, 0.4) is 0 Å². The van der Waals surface area contributed by atoms with Crippen LogP contribution in [0, 0.1) is 0 Å². The number of carbonyl (C=O) groups is 1. The summed E-state index contributed by atoms with van der Waals surface area (Å²) in [6.45, 7) is 3.04. The molecule has 0 bridgehead atoms. The lowest BCUT2D eigenvalue weighted by Crippen LogP contribution is -2.49. The van der Waals surface area contributed by atoms with E-state index < -0.39 is 0 Å². The molecule has 1 saturated carbocycles. The van der Waals surface area contributed by atoms with E-state index in [0.29, 0.717) is 19.0 Å². The molecule has 6 nitrogen and oxygen atoms in total. The van der Waals surface area contributed by atoms with Gasteiger partial charge in [0.15, 0.2) is 0 Å². The number of aromatic nitrogens is 2. The van der Waals surface area contributed by atoms with Crippen LogP contribution < -0.4 is 9.64 Å². The van der Waals surface area contributed by atoms with E-state index in [1.54, 1.807) is 7.11 Å². The zero-order valence-corrected chi connectivity index (χ0v) is 22.1. The lowest BCUT2D eigenvalue weighted by molar-refractivity contribution is 0.0746. The highest BCUT2D eigenvalue weighted by atomic mass is 32.1. The third-order valence-corrected chi connectivity index (χ3v) is 9.42. The van der Waals surface area contributed by atoms with Crippen molar-refractivity contribution in [2.24, 2.45) is 0 Å². The van der Waals surface area contributed by atoms with Crippen molar-refractivity contribution in [2.45, 2.75) is 70.1 Å². The number of hydrogen-bond acceptors (Lipinski definition) is 6. The molecule has 1 aliphatic heterocycles. The van der Waals surface area contributed by atoms with E-state index in [4.69, 9.17) is 14.7 Å². The Morgan fingerprint density at radius 1 is 0.917 bits per heavy atom. The van der Waals surface area contributed by atoms with Crippen LogP contribution in [0.15, 0.2) is 24.3 Å². The van der Waals surface area contributed by atoms with Crippen molar-refractivity contribution >= 4 is 33.3 Å². The van der Waals surface area contributed by atoms with Gasteiger partial charge in [0.25, 0.3) is 5.91 Å². The summed E-state index contributed by atoms with van der Waals surface area (Å²) in [4.78, 5) is 30.8. The monoisotopic (exact) mass is 504 g/mol. The molecule has 36 heavy (non-hydrogen) atoms. The van der Waals surface area contributed by atoms with Crippen molar-refractivity contribution in [1.29, 1.82) is 0 Å². The van der Waals surface area contributed by atoms with E-state index in [2.05, 4.69) is 4.90 Å². The van der Waals surface area contributed by atoms with Gasteiger partial charge in [0.2, 0.25) is 0 Å². The number of carbonyl (C=O) groups excluding carboxylic acids is 1. The molecule has 7 heteroatoms. The predicted molar refractivity (Wildman–Crippen MR) is 146 cm³/mol. The molecule has 1 saturated heterocycles. The Morgan fingerprint density at radius 2 is 1.64 bits per heavy atom. The van der Waals surface area contributed by atoms with Crippen LogP contribution in [0.2, 0.25) is 0 Å². The summed E-state index contributed by atoms with van der Waals surface area (Å²) < 4.78 is 5.24. The van der Waals surface area contributed by atoms with E-state index >= 15 is 0 Å². The summed E-state index contributed by atoms with van der Waals surface area (Å²) in [6, 6.07) is 7.43. The standard InChI is InChI=1S/C29H36N4O2S/c1-35-22-14-12-21(13-15-22)29(34)33-18-16-32(17-19-33)27-25-23-10-6-3-7-11-24(23)36-28(25)31-26(30-27)20-8-4-2-5-9-20/h12-15,20H,2-11,16-19H2,1H3. The molecule has 2 fully saturated rings. The highest BCUT2D eigenvalue weighted by molar-refractivity contribution is 7.19. The number of amides is 1. The summed E-state index contributed by atoms with van der Waals surface area (Å²) in [5.74, 6) is 3.55. The molecular weight excluding hydrogens is 468 g/mol. The second-order valence-corrected chi connectivity index (χ2v) is 11.6. The van der Waals surface area contributed by atoms with Crippen LogP contribution in [-0.4, -0.2) is 54.1 Å². The molecule has 2 aromatic heterocycles. The van der Waals surface area contributed by atoms with Crippen molar-refractivity contribution in [2.75, 3.05) is 38.2 Å². The molecular formula is C29H36N4O2S. The van der Waals surface area contributed by atoms with Crippen LogP contribution in [0.25, 0.3) is 10.2 Å². The minimum Gasteiger partial charge on any atom is -0.497 e. The van der Waals surface area contributed by atoms with Crippen LogP contribution >= 0.6 is 11.3 Å². The highest BCUT2D eigenvalue weighted by Crippen LogP contribution is 2.41. The number of benzene rings is 1. The smallest absolute Gasteiger partial charge is 0.253 e. The number of rotatable bonds is 4. The molecule has 0 N–H and O–H groups in total. The number of nitrogens with zero attached hydrogens (tertiary/aromatic N) is 4. The number of methoxy groups -OCH3 is 1. The number of fused-ring (bicyclic) bond motifs is 3. The minimum absolute atomic E-state index is 0.0948. The average Bonchev–Trinajstić information content (AvgIpc) is 3.13. The zero-order valence-electron chi connectivity index (χ0n) is 21.3. The quantitative estimate of drug-likeness (QED) is 0.409. The summed E-state index contributed by atoms with van der Waals surface area (Å²) in [7, 11) is 1.65. The van der Waals surface area contributed by atoms with Gasteiger partial charge in [-0.2, -0.15) is 0 Å². The zero-order chi connectivity index (χ0) is 24.5. The minimum atomic E-state index is 0.0948. The van der Waals surface area contributed by atoms with E-state index in [1.807, 2.05) is 40.5 Å². The fraction of sp³-hybridized carbons (Fsp3) is 0.552. The fourth-order valence-electron chi connectivity index (χ4n) is 6.14. The van der Waals surface area contributed by atoms with Crippen molar-refractivity contribution in [3.8, 4) is 5.75 Å². The second kappa shape index (κ2) is 10.4. The molecule has 2 aliphatic carbocycles. The Bertz CT molecular complexity index is 1220. The first-order valence-corrected chi connectivity index (χ1v) is 14.5. The number of piperazine rings is 1. The largest absolute Gasteiger partial charge is 0.497 e. The van der Waals surface area contributed by atoms with Gasteiger partial charge in [-0.15, -0.1) is 11.3 Å². The Hall–Kier alpha value is -2.67. The molecule has 3 aliphatic rings. The molecule has 0 radical (unpaired) electrons. The van der Waals surface area contributed by atoms with E-state index in [9.17, 15) is 4.79 Å². The van der Waals surface area contributed by atoms with Gasteiger partial charge in [0.1, 0.15) is 22.2 Å². The Kier molecular flexibility index (Phi) is 6.83. The van der Waals surface area contributed by atoms with Crippen molar-refractivity contribution < 1.29 is 9.53 Å². The summed E-state index contributed by atoms with van der Waals surface area (Å²) >= 11 is 1.92. The fourth-order valence-corrected chi connectivity index (χ4v) is 7.40. The molecule has 1 aromatic carbocycles. The summed E-state index contributed by atoms with van der Waals surface area (Å²) in [5, 5.41) is 1.31. The lowest BCUT2D eigenvalue weighted by Gasteiger charge is -2.36. The molecule has 1 amide bonds. The third kappa shape index (κ3) is 4.58. The van der Waals surface area contributed by atoms with Gasteiger partial charge >= 0.3 is 0 Å². The Morgan fingerprint density at radius 3 is 2.39 bits per heavy atom. The number of ether oxygens (including phenoxy) is 1. The van der Waals surface area contributed by atoms with Crippen LogP contribution in [0.4, 0.5) is 5.82 Å². The van der Waals surface area contributed by atoms with Gasteiger partial charge in [0, 0.05) is 42.5 Å². The van der Waals surface area contributed by atoms with Gasteiger partial charge in [-0.3, -0.25) is 4.79 Å². The van der Waals surface area contributed by atoms with Crippen molar-refractivity contribution in [1.82, 2.24) is 14.9 Å². The predicted octanol–water partition coefficient (Wildman–Crippen LogP) is 5.98. The molecule has 3 aromatic rings. The maximum atomic E-state index is 13.1. The number of hydrogen-bond donors (Lipinski definition) is 0. The molecule has 0 atom stereocenters. The van der Waals surface area contributed by atoms with Gasteiger partial charge < -0.3 is 14.5 Å². The molecule has 0 spiro atoms. The lowest BCUT2D eigenvalue weighted by atomic mass is 9.88. The Balaban J connectivity index is 1.28. The SMILES string of the molecule is COc1ccc(C(=O)N2CCN(c3nc(C4CCCCC4)nc4sc5c(c34)CCCCC5)CC2)cc1. The van der Waals surface area contributed by atoms with Crippen LogP contribution in [-0.2, 0) is 12.8 Å². The molecule has 3 heterocycles. The maximum Gasteiger partial charge on any atom is 0.253 e. The van der Waals surface area contributed by atoms with Gasteiger partial charge in [-0.05, 0) is 68.4 Å². The Labute approximate surface area is 217 Å².